The SMILES string of the molecule is CCNP(CCS)CCS. The molecule has 0 heterocycles. The van der Waals surface area contributed by atoms with Gasteiger partial charge in [-0.05, 0) is 38.4 Å². The molecule has 62 valence electrons. The molecular formula is C6H16NPS2. The molecule has 0 radical (unpaired) electrons. The first-order chi connectivity index (χ1) is 4.85. The summed E-state index contributed by atoms with van der Waals surface area (Å²) < 4.78 is 0. The summed E-state index contributed by atoms with van der Waals surface area (Å²) >= 11 is 8.39. The van der Waals surface area contributed by atoms with Crippen LogP contribution in [0.3, 0.4) is 0 Å². The van der Waals surface area contributed by atoms with Crippen molar-refractivity contribution in [3.05, 3.63) is 0 Å². The zero-order valence-corrected chi connectivity index (χ0v) is 9.06. The maximum absolute atomic E-state index is 4.20. The molecule has 0 rings (SSSR count). The molecule has 0 atom stereocenters. The third-order valence-corrected chi connectivity index (χ3v) is 4.56. The quantitative estimate of drug-likeness (QED) is 0.436. The number of rotatable bonds is 6. The van der Waals surface area contributed by atoms with Crippen LogP contribution in [0.4, 0.5) is 0 Å². The summed E-state index contributed by atoms with van der Waals surface area (Å²) in [5.41, 5.74) is 0. The van der Waals surface area contributed by atoms with E-state index in [4.69, 9.17) is 0 Å². The highest BCUT2D eigenvalue weighted by Gasteiger charge is 2.02. The van der Waals surface area contributed by atoms with Crippen LogP contribution in [0.15, 0.2) is 0 Å². The van der Waals surface area contributed by atoms with Crippen LogP contribution in [0.2, 0.25) is 0 Å². The fourth-order valence-electron chi connectivity index (χ4n) is 0.735. The molecule has 0 amide bonds. The maximum atomic E-state index is 4.20. The highest BCUT2D eigenvalue weighted by molar-refractivity contribution is 7.81. The lowest BCUT2D eigenvalue weighted by molar-refractivity contribution is 1.01. The number of thiol groups is 2. The van der Waals surface area contributed by atoms with E-state index in [1.165, 1.54) is 12.3 Å². The lowest BCUT2D eigenvalue weighted by atomic mass is 10.8. The number of hydrogen-bond donors (Lipinski definition) is 3. The van der Waals surface area contributed by atoms with E-state index in [9.17, 15) is 0 Å². The average molecular weight is 197 g/mol. The molecule has 0 fully saturated rings. The zero-order valence-electron chi connectivity index (χ0n) is 6.38. The Morgan fingerprint density at radius 2 is 1.70 bits per heavy atom. The molecule has 0 unspecified atom stereocenters. The van der Waals surface area contributed by atoms with Gasteiger partial charge in [-0.25, -0.2) is 0 Å². The molecule has 0 aromatic heterocycles. The topological polar surface area (TPSA) is 12.0 Å². The Labute approximate surface area is 76.0 Å². The van der Waals surface area contributed by atoms with Crippen molar-refractivity contribution in [3.63, 3.8) is 0 Å². The second-order valence-corrected chi connectivity index (χ2v) is 5.13. The largest absolute Gasteiger partial charge is 0.296 e. The minimum Gasteiger partial charge on any atom is -0.296 e. The van der Waals surface area contributed by atoms with Crippen molar-refractivity contribution >= 4 is 33.3 Å². The monoisotopic (exact) mass is 197 g/mol. The summed E-state index contributed by atoms with van der Waals surface area (Å²) in [6.07, 6.45) is 2.43. The van der Waals surface area contributed by atoms with E-state index in [-0.39, 0.29) is 8.07 Å². The summed E-state index contributed by atoms with van der Waals surface area (Å²) in [7, 11) is 0.0363. The van der Waals surface area contributed by atoms with Gasteiger partial charge in [-0.3, -0.25) is 5.09 Å². The summed E-state index contributed by atoms with van der Waals surface area (Å²) in [5, 5.41) is 3.45. The predicted molar refractivity (Wildman–Crippen MR) is 58.0 cm³/mol. The Bertz CT molecular complexity index is 58.5. The second-order valence-electron chi connectivity index (χ2n) is 1.95. The van der Waals surface area contributed by atoms with Gasteiger partial charge in [-0.2, -0.15) is 25.3 Å². The van der Waals surface area contributed by atoms with Gasteiger partial charge in [0.2, 0.25) is 0 Å². The van der Waals surface area contributed by atoms with Crippen molar-refractivity contribution in [2.45, 2.75) is 6.92 Å². The smallest absolute Gasteiger partial charge is 0.00384 e. The fourth-order valence-corrected chi connectivity index (χ4v) is 3.65. The van der Waals surface area contributed by atoms with E-state index in [0.717, 1.165) is 18.1 Å². The first-order valence-corrected chi connectivity index (χ1v) is 6.53. The number of nitrogens with one attached hydrogen (secondary N) is 1. The summed E-state index contributed by atoms with van der Waals surface area (Å²) in [4.78, 5) is 0. The summed E-state index contributed by atoms with van der Waals surface area (Å²) in [5.74, 6) is 1.99. The van der Waals surface area contributed by atoms with Crippen LogP contribution < -0.4 is 5.09 Å². The Morgan fingerprint density at radius 3 is 2.00 bits per heavy atom. The van der Waals surface area contributed by atoms with Crippen molar-refractivity contribution in [1.82, 2.24) is 5.09 Å². The summed E-state index contributed by atoms with van der Waals surface area (Å²) in [6, 6.07) is 0. The van der Waals surface area contributed by atoms with E-state index < -0.39 is 0 Å². The van der Waals surface area contributed by atoms with Crippen LogP contribution in [0.25, 0.3) is 0 Å². The van der Waals surface area contributed by atoms with Gasteiger partial charge in [0.05, 0.1) is 0 Å². The van der Waals surface area contributed by atoms with Crippen molar-refractivity contribution in [2.24, 2.45) is 0 Å². The molecule has 0 aromatic carbocycles. The molecule has 10 heavy (non-hydrogen) atoms. The van der Waals surface area contributed by atoms with Crippen LogP contribution in [0.5, 0.6) is 0 Å². The Kier molecular flexibility index (Phi) is 9.08. The van der Waals surface area contributed by atoms with Gasteiger partial charge in [0, 0.05) is 0 Å². The Balaban J connectivity index is 3.30. The van der Waals surface area contributed by atoms with Crippen molar-refractivity contribution in [3.8, 4) is 0 Å². The van der Waals surface area contributed by atoms with Gasteiger partial charge in [-0.1, -0.05) is 6.92 Å². The molecule has 0 spiro atoms. The maximum Gasteiger partial charge on any atom is -0.00384 e. The number of hydrogen-bond acceptors (Lipinski definition) is 3. The third kappa shape index (κ3) is 5.84. The minimum absolute atomic E-state index is 0.0363. The van der Waals surface area contributed by atoms with Gasteiger partial charge in [0.25, 0.3) is 0 Å². The van der Waals surface area contributed by atoms with Gasteiger partial charge < -0.3 is 0 Å². The standard InChI is InChI=1S/C6H16NPS2/c1-2-7-8(3-5-9)4-6-10/h7,9-10H,2-6H2,1H3. The van der Waals surface area contributed by atoms with Crippen LogP contribution in [-0.4, -0.2) is 30.4 Å². The predicted octanol–water partition coefficient (Wildman–Crippen LogP) is 1.85. The van der Waals surface area contributed by atoms with Gasteiger partial charge in [0.1, 0.15) is 0 Å². The molecule has 0 aliphatic rings. The van der Waals surface area contributed by atoms with Crippen LogP contribution in [-0.2, 0) is 0 Å². The lowest BCUT2D eigenvalue weighted by Crippen LogP contribution is -2.11. The lowest BCUT2D eigenvalue weighted by Gasteiger charge is -2.15. The first-order valence-electron chi connectivity index (χ1n) is 3.55. The molecule has 0 aromatic rings. The van der Waals surface area contributed by atoms with Gasteiger partial charge >= 0.3 is 0 Å². The van der Waals surface area contributed by atoms with Crippen LogP contribution >= 0.6 is 33.3 Å². The Hall–Kier alpha value is 1.09. The molecule has 1 N–H and O–H groups in total. The zero-order chi connectivity index (χ0) is 7.82. The molecule has 0 aliphatic carbocycles. The molecule has 0 saturated heterocycles. The van der Waals surface area contributed by atoms with E-state index >= 15 is 0 Å². The third-order valence-electron chi connectivity index (χ3n) is 1.12. The van der Waals surface area contributed by atoms with E-state index in [1.54, 1.807) is 0 Å². The van der Waals surface area contributed by atoms with Gasteiger partial charge in [-0.15, -0.1) is 0 Å². The average Bonchev–Trinajstić information content (AvgIpc) is 1.90. The molecular weight excluding hydrogens is 181 g/mol. The van der Waals surface area contributed by atoms with E-state index in [2.05, 4.69) is 37.3 Å². The minimum atomic E-state index is 0.0363. The highest BCUT2D eigenvalue weighted by Crippen LogP contribution is 2.29. The first kappa shape index (κ1) is 11.1. The fraction of sp³-hybridized carbons (Fsp3) is 1.00. The van der Waals surface area contributed by atoms with E-state index in [0.29, 0.717) is 0 Å². The second kappa shape index (κ2) is 8.19. The van der Waals surface area contributed by atoms with E-state index in [1.807, 2.05) is 0 Å². The van der Waals surface area contributed by atoms with Crippen LogP contribution in [0.1, 0.15) is 6.92 Å². The normalized spacial score (nSPS) is 10.8. The van der Waals surface area contributed by atoms with Crippen molar-refractivity contribution < 1.29 is 0 Å². The van der Waals surface area contributed by atoms with Gasteiger partial charge in [0.15, 0.2) is 0 Å². The van der Waals surface area contributed by atoms with Crippen molar-refractivity contribution in [2.75, 3.05) is 30.4 Å². The molecule has 4 heteroatoms. The molecule has 0 bridgehead atoms. The summed E-state index contributed by atoms with van der Waals surface area (Å²) in [6.45, 7) is 3.22. The molecule has 0 saturated carbocycles. The van der Waals surface area contributed by atoms with Crippen molar-refractivity contribution in [1.29, 1.82) is 0 Å². The Morgan fingerprint density at radius 1 is 1.20 bits per heavy atom. The molecule has 1 nitrogen and oxygen atoms in total. The molecule has 0 aliphatic heterocycles. The highest BCUT2D eigenvalue weighted by atomic mass is 32.1. The van der Waals surface area contributed by atoms with Crippen LogP contribution in [0, 0.1) is 0 Å².